The Morgan fingerprint density at radius 3 is 2.55 bits per heavy atom. The summed E-state index contributed by atoms with van der Waals surface area (Å²) in [4.78, 5) is 14.3. The topological polar surface area (TPSA) is 32.3 Å². The van der Waals surface area contributed by atoms with Gasteiger partial charge in [-0.3, -0.25) is 4.79 Å². The lowest BCUT2D eigenvalue weighted by Gasteiger charge is -2.39. The first kappa shape index (κ1) is 15.0. The van der Waals surface area contributed by atoms with Crippen molar-refractivity contribution in [2.75, 3.05) is 20.1 Å². The third-order valence-corrected chi connectivity index (χ3v) is 4.69. The molecule has 0 bridgehead atoms. The Hall–Kier alpha value is -1.35. The molecule has 3 heteroatoms. The van der Waals surface area contributed by atoms with Gasteiger partial charge in [-0.2, -0.15) is 0 Å². The highest BCUT2D eigenvalue weighted by atomic mass is 16.2. The summed E-state index contributed by atoms with van der Waals surface area (Å²) in [6.07, 6.45) is 3.56. The first-order chi connectivity index (χ1) is 9.54. The largest absolute Gasteiger partial charge is 0.343 e. The summed E-state index contributed by atoms with van der Waals surface area (Å²) in [6, 6.07) is 8.33. The van der Waals surface area contributed by atoms with Gasteiger partial charge < -0.3 is 10.2 Å². The van der Waals surface area contributed by atoms with Gasteiger partial charge in [0.2, 0.25) is 5.91 Å². The number of nitrogens with zero attached hydrogens (tertiary/aromatic N) is 1. The fraction of sp³-hybridized carbons (Fsp3) is 0.588. The highest BCUT2D eigenvalue weighted by Crippen LogP contribution is 2.22. The Balaban J connectivity index is 1.83. The lowest BCUT2D eigenvalue weighted by molar-refractivity contribution is -0.132. The number of nitrogens with one attached hydrogen (secondary N) is 1. The van der Waals surface area contributed by atoms with Gasteiger partial charge in [0.1, 0.15) is 0 Å². The van der Waals surface area contributed by atoms with Crippen molar-refractivity contribution in [1.29, 1.82) is 0 Å². The molecule has 1 aromatic carbocycles. The van der Waals surface area contributed by atoms with E-state index in [2.05, 4.69) is 31.3 Å². The Labute approximate surface area is 122 Å². The second-order valence-corrected chi connectivity index (χ2v) is 6.12. The van der Waals surface area contributed by atoms with Crippen LogP contribution in [0.15, 0.2) is 24.3 Å². The number of hydrogen-bond donors (Lipinski definition) is 1. The van der Waals surface area contributed by atoms with Crippen LogP contribution >= 0.6 is 0 Å². The maximum atomic E-state index is 12.3. The SMILES string of the molecule is CNC1(C)CCN(C(=O)CCc2ccccc2C)CC1. The highest BCUT2D eigenvalue weighted by Gasteiger charge is 2.29. The molecule has 0 unspecified atom stereocenters. The summed E-state index contributed by atoms with van der Waals surface area (Å²) in [5, 5.41) is 3.37. The molecule has 20 heavy (non-hydrogen) atoms. The number of carbonyl (C=O) groups excluding carboxylic acids is 1. The monoisotopic (exact) mass is 274 g/mol. The van der Waals surface area contributed by atoms with E-state index in [9.17, 15) is 4.79 Å². The van der Waals surface area contributed by atoms with E-state index in [-0.39, 0.29) is 5.54 Å². The van der Waals surface area contributed by atoms with E-state index in [1.807, 2.05) is 24.1 Å². The quantitative estimate of drug-likeness (QED) is 0.915. The Morgan fingerprint density at radius 2 is 1.95 bits per heavy atom. The minimum absolute atomic E-state index is 0.201. The van der Waals surface area contributed by atoms with Crippen molar-refractivity contribution in [2.24, 2.45) is 0 Å². The van der Waals surface area contributed by atoms with Gasteiger partial charge in [-0.05, 0) is 51.3 Å². The molecule has 2 rings (SSSR count). The van der Waals surface area contributed by atoms with E-state index in [0.717, 1.165) is 32.4 Å². The number of hydrogen-bond acceptors (Lipinski definition) is 2. The van der Waals surface area contributed by atoms with Gasteiger partial charge in [-0.25, -0.2) is 0 Å². The van der Waals surface area contributed by atoms with E-state index in [4.69, 9.17) is 0 Å². The van der Waals surface area contributed by atoms with Crippen LogP contribution in [0.1, 0.15) is 37.3 Å². The summed E-state index contributed by atoms with van der Waals surface area (Å²) in [5.74, 6) is 0.298. The molecule has 1 saturated heterocycles. The Morgan fingerprint density at radius 1 is 1.30 bits per heavy atom. The van der Waals surface area contributed by atoms with Gasteiger partial charge in [0, 0.05) is 25.0 Å². The fourth-order valence-corrected chi connectivity index (χ4v) is 2.79. The van der Waals surface area contributed by atoms with Crippen LogP contribution < -0.4 is 5.32 Å². The molecule has 1 heterocycles. The molecule has 3 nitrogen and oxygen atoms in total. The van der Waals surface area contributed by atoms with Crippen LogP contribution in [0.4, 0.5) is 0 Å². The summed E-state index contributed by atoms with van der Waals surface area (Å²) in [6.45, 7) is 6.11. The molecule has 1 fully saturated rings. The predicted molar refractivity (Wildman–Crippen MR) is 82.8 cm³/mol. The standard InChI is InChI=1S/C17H26N2O/c1-14-6-4-5-7-15(14)8-9-16(20)19-12-10-17(2,18-3)11-13-19/h4-7,18H,8-13H2,1-3H3. The second-order valence-electron chi connectivity index (χ2n) is 6.12. The van der Waals surface area contributed by atoms with Crippen molar-refractivity contribution >= 4 is 5.91 Å². The van der Waals surface area contributed by atoms with E-state index < -0.39 is 0 Å². The van der Waals surface area contributed by atoms with Crippen LogP contribution in [0.5, 0.6) is 0 Å². The zero-order valence-corrected chi connectivity index (χ0v) is 12.9. The summed E-state index contributed by atoms with van der Waals surface area (Å²) < 4.78 is 0. The summed E-state index contributed by atoms with van der Waals surface area (Å²) in [7, 11) is 2.01. The van der Waals surface area contributed by atoms with Crippen molar-refractivity contribution in [3.63, 3.8) is 0 Å². The van der Waals surface area contributed by atoms with Crippen LogP contribution in [-0.4, -0.2) is 36.5 Å². The number of carbonyl (C=O) groups is 1. The molecule has 0 aromatic heterocycles. The lowest BCUT2D eigenvalue weighted by Crippen LogP contribution is -2.51. The fourth-order valence-electron chi connectivity index (χ4n) is 2.79. The summed E-state index contributed by atoms with van der Waals surface area (Å²) >= 11 is 0. The normalized spacial score (nSPS) is 18.1. The third kappa shape index (κ3) is 3.60. The van der Waals surface area contributed by atoms with Gasteiger partial charge in [0.15, 0.2) is 0 Å². The highest BCUT2D eigenvalue weighted by molar-refractivity contribution is 5.76. The minimum atomic E-state index is 0.201. The third-order valence-electron chi connectivity index (χ3n) is 4.69. The van der Waals surface area contributed by atoms with Gasteiger partial charge in [-0.15, -0.1) is 0 Å². The van der Waals surface area contributed by atoms with Crippen molar-refractivity contribution in [2.45, 2.75) is 45.1 Å². The number of benzene rings is 1. The second kappa shape index (κ2) is 6.40. The molecule has 0 radical (unpaired) electrons. The minimum Gasteiger partial charge on any atom is -0.343 e. The van der Waals surface area contributed by atoms with E-state index in [0.29, 0.717) is 12.3 Å². The van der Waals surface area contributed by atoms with E-state index in [1.54, 1.807) is 0 Å². The average Bonchev–Trinajstić information content (AvgIpc) is 2.47. The smallest absolute Gasteiger partial charge is 0.222 e. The number of rotatable bonds is 4. The zero-order chi connectivity index (χ0) is 14.6. The molecule has 0 atom stereocenters. The Kier molecular flexibility index (Phi) is 4.81. The molecular weight excluding hydrogens is 248 g/mol. The van der Waals surface area contributed by atoms with Crippen LogP contribution in [0.3, 0.4) is 0 Å². The van der Waals surface area contributed by atoms with E-state index in [1.165, 1.54) is 11.1 Å². The van der Waals surface area contributed by atoms with Crippen LogP contribution in [0.25, 0.3) is 0 Å². The molecule has 0 spiro atoms. The van der Waals surface area contributed by atoms with Gasteiger partial charge in [0.25, 0.3) is 0 Å². The molecule has 1 amide bonds. The molecular formula is C17H26N2O. The lowest BCUT2D eigenvalue weighted by atomic mass is 9.89. The molecule has 0 aliphatic carbocycles. The first-order valence-electron chi connectivity index (χ1n) is 7.55. The molecule has 1 aliphatic rings. The van der Waals surface area contributed by atoms with Crippen molar-refractivity contribution in [1.82, 2.24) is 10.2 Å². The molecule has 1 N–H and O–H groups in total. The molecule has 1 aromatic rings. The zero-order valence-electron chi connectivity index (χ0n) is 12.9. The maximum absolute atomic E-state index is 12.3. The van der Waals surface area contributed by atoms with Crippen molar-refractivity contribution in [3.8, 4) is 0 Å². The molecule has 110 valence electrons. The van der Waals surface area contributed by atoms with Crippen molar-refractivity contribution in [3.05, 3.63) is 35.4 Å². The van der Waals surface area contributed by atoms with Gasteiger partial charge >= 0.3 is 0 Å². The van der Waals surface area contributed by atoms with Gasteiger partial charge in [-0.1, -0.05) is 24.3 Å². The molecule has 0 saturated carbocycles. The van der Waals surface area contributed by atoms with Crippen LogP contribution in [-0.2, 0) is 11.2 Å². The number of piperidine rings is 1. The number of likely N-dealkylation sites (tertiary alicyclic amines) is 1. The predicted octanol–water partition coefficient (Wildman–Crippen LogP) is 2.53. The first-order valence-corrected chi connectivity index (χ1v) is 7.55. The average molecular weight is 274 g/mol. The van der Waals surface area contributed by atoms with E-state index >= 15 is 0 Å². The summed E-state index contributed by atoms with van der Waals surface area (Å²) in [5.41, 5.74) is 2.77. The number of aryl methyl sites for hydroxylation is 2. The van der Waals surface area contributed by atoms with Gasteiger partial charge in [0.05, 0.1) is 0 Å². The molecule has 1 aliphatic heterocycles. The van der Waals surface area contributed by atoms with Crippen LogP contribution in [0, 0.1) is 6.92 Å². The van der Waals surface area contributed by atoms with Crippen molar-refractivity contribution < 1.29 is 4.79 Å². The number of amides is 1. The maximum Gasteiger partial charge on any atom is 0.222 e. The van der Waals surface area contributed by atoms with Crippen LogP contribution in [0.2, 0.25) is 0 Å². The Bertz CT molecular complexity index is 462.